The molecule has 0 aliphatic carbocycles. The highest BCUT2D eigenvalue weighted by atomic mass is 32.2. The van der Waals surface area contributed by atoms with E-state index < -0.39 is 10.0 Å². The van der Waals surface area contributed by atoms with Gasteiger partial charge in [-0.15, -0.1) is 0 Å². The van der Waals surface area contributed by atoms with Gasteiger partial charge in [-0.1, -0.05) is 24.3 Å². The van der Waals surface area contributed by atoms with Crippen LogP contribution in [0.4, 0.5) is 5.82 Å². The van der Waals surface area contributed by atoms with E-state index in [1.807, 2.05) is 32.0 Å². The van der Waals surface area contributed by atoms with Gasteiger partial charge < -0.3 is 5.32 Å². The summed E-state index contributed by atoms with van der Waals surface area (Å²) in [5.41, 5.74) is 3.97. The number of aromatic nitrogens is 1. The molecule has 0 unspecified atom stereocenters. The number of hydrogen-bond acceptors (Lipinski definition) is 5. The Hall–Kier alpha value is -2.43. The molecule has 6 nitrogen and oxygen atoms in total. The molecule has 0 saturated heterocycles. The number of hydrogen-bond donors (Lipinski definition) is 2. The molecule has 126 valence electrons. The van der Waals surface area contributed by atoms with Crippen molar-refractivity contribution < 1.29 is 8.42 Å². The van der Waals surface area contributed by atoms with Crippen LogP contribution < -0.4 is 10.0 Å². The molecule has 2 N–H and O–H groups in total. The quantitative estimate of drug-likeness (QED) is 0.838. The molecule has 0 radical (unpaired) electrons. The first kappa shape index (κ1) is 17.9. The van der Waals surface area contributed by atoms with Crippen LogP contribution in [0, 0.1) is 25.2 Å². The van der Waals surface area contributed by atoms with E-state index in [-0.39, 0.29) is 5.75 Å². The fourth-order valence-corrected chi connectivity index (χ4v) is 3.11. The van der Waals surface area contributed by atoms with Crippen LogP contribution in [0.25, 0.3) is 0 Å². The van der Waals surface area contributed by atoms with E-state index in [0.717, 1.165) is 22.4 Å². The summed E-state index contributed by atoms with van der Waals surface area (Å²) in [6.07, 6.45) is 0. The fraction of sp³-hybridized carbons (Fsp3) is 0.294. The molecule has 0 amide bonds. The maximum absolute atomic E-state index is 11.5. The van der Waals surface area contributed by atoms with Gasteiger partial charge in [-0.2, -0.15) is 5.26 Å². The summed E-state index contributed by atoms with van der Waals surface area (Å²) < 4.78 is 25.4. The normalized spacial score (nSPS) is 11.1. The van der Waals surface area contributed by atoms with Crippen molar-refractivity contribution in [3.8, 4) is 6.07 Å². The van der Waals surface area contributed by atoms with Gasteiger partial charge in [0.05, 0.1) is 11.3 Å². The van der Waals surface area contributed by atoms with Gasteiger partial charge in [0.15, 0.2) is 0 Å². The van der Waals surface area contributed by atoms with Gasteiger partial charge in [-0.25, -0.2) is 18.1 Å². The zero-order valence-corrected chi connectivity index (χ0v) is 14.7. The summed E-state index contributed by atoms with van der Waals surface area (Å²) in [7, 11) is -1.87. The second-order valence-corrected chi connectivity index (χ2v) is 7.48. The first-order chi connectivity index (χ1) is 11.3. The Labute approximate surface area is 142 Å². The molecular formula is C17H20N4O2S. The molecule has 0 aliphatic heterocycles. The van der Waals surface area contributed by atoms with E-state index in [4.69, 9.17) is 0 Å². The van der Waals surface area contributed by atoms with Crippen LogP contribution in [0.5, 0.6) is 0 Å². The third-order valence-electron chi connectivity index (χ3n) is 3.61. The van der Waals surface area contributed by atoms with Crippen molar-refractivity contribution in [2.24, 2.45) is 0 Å². The Morgan fingerprint density at radius 3 is 2.38 bits per heavy atom. The van der Waals surface area contributed by atoms with Crippen LogP contribution in [-0.2, 0) is 22.3 Å². The molecule has 0 spiro atoms. The van der Waals surface area contributed by atoms with Gasteiger partial charge in [0, 0.05) is 12.2 Å². The minimum absolute atomic E-state index is 0.0472. The van der Waals surface area contributed by atoms with Crippen LogP contribution in [-0.4, -0.2) is 20.4 Å². The molecular weight excluding hydrogens is 324 g/mol. The molecule has 1 aromatic carbocycles. The number of pyridine rings is 1. The molecule has 0 bridgehead atoms. The lowest BCUT2D eigenvalue weighted by Crippen LogP contribution is -2.20. The number of nitrogens with zero attached hydrogens (tertiary/aromatic N) is 2. The smallest absolute Gasteiger partial charge is 0.215 e. The largest absolute Gasteiger partial charge is 0.365 e. The zero-order valence-electron chi connectivity index (χ0n) is 13.9. The van der Waals surface area contributed by atoms with Crippen molar-refractivity contribution in [1.82, 2.24) is 9.71 Å². The van der Waals surface area contributed by atoms with Crippen LogP contribution in [0.3, 0.4) is 0 Å². The predicted octanol–water partition coefficient (Wildman–Crippen LogP) is 2.23. The first-order valence-corrected chi connectivity index (χ1v) is 9.11. The summed E-state index contributed by atoms with van der Waals surface area (Å²) in [5.74, 6) is 0.519. The standard InChI is InChI=1S/C17H20N4O2S/c1-12-8-13(2)21-17(16(12)9-18)20-10-14-4-6-15(7-5-14)11-24(22,23)19-3/h4-8,19H,10-11H2,1-3H3,(H,20,21). The lowest BCUT2D eigenvalue weighted by molar-refractivity contribution is 0.587. The lowest BCUT2D eigenvalue weighted by atomic mass is 10.1. The van der Waals surface area contributed by atoms with Crippen molar-refractivity contribution in [3.05, 3.63) is 58.3 Å². The Morgan fingerprint density at radius 2 is 1.79 bits per heavy atom. The van der Waals surface area contributed by atoms with Crippen LogP contribution in [0.2, 0.25) is 0 Å². The summed E-state index contributed by atoms with van der Waals surface area (Å²) in [6, 6.07) is 11.3. The Morgan fingerprint density at radius 1 is 1.17 bits per heavy atom. The lowest BCUT2D eigenvalue weighted by Gasteiger charge is -2.11. The van der Waals surface area contributed by atoms with Gasteiger partial charge in [-0.05, 0) is 43.7 Å². The third kappa shape index (κ3) is 4.54. The number of aryl methyl sites for hydroxylation is 2. The van der Waals surface area contributed by atoms with Gasteiger partial charge in [0.2, 0.25) is 10.0 Å². The average Bonchev–Trinajstić information content (AvgIpc) is 2.53. The molecule has 0 fully saturated rings. The van der Waals surface area contributed by atoms with Crippen molar-refractivity contribution in [1.29, 1.82) is 5.26 Å². The van der Waals surface area contributed by atoms with E-state index >= 15 is 0 Å². The number of nitriles is 1. The molecule has 1 aromatic heterocycles. The van der Waals surface area contributed by atoms with Gasteiger partial charge in [0.1, 0.15) is 11.9 Å². The highest BCUT2D eigenvalue weighted by molar-refractivity contribution is 7.88. The fourth-order valence-electron chi connectivity index (χ4n) is 2.34. The Kier molecular flexibility index (Phi) is 5.54. The summed E-state index contributed by atoms with van der Waals surface area (Å²) in [6.45, 7) is 4.27. The predicted molar refractivity (Wildman–Crippen MR) is 93.9 cm³/mol. The summed E-state index contributed by atoms with van der Waals surface area (Å²) in [4.78, 5) is 4.38. The SMILES string of the molecule is CNS(=O)(=O)Cc1ccc(CNc2nc(C)cc(C)c2C#N)cc1. The number of nitrogens with one attached hydrogen (secondary N) is 2. The molecule has 0 saturated carbocycles. The van der Waals surface area contributed by atoms with Crippen molar-refractivity contribution in [3.63, 3.8) is 0 Å². The molecule has 2 rings (SSSR count). The maximum atomic E-state index is 11.5. The van der Waals surface area contributed by atoms with Crippen molar-refractivity contribution in [2.45, 2.75) is 26.1 Å². The van der Waals surface area contributed by atoms with Gasteiger partial charge in [0.25, 0.3) is 0 Å². The number of benzene rings is 1. The average molecular weight is 344 g/mol. The molecule has 2 aromatic rings. The molecule has 7 heteroatoms. The number of anilines is 1. The Bertz CT molecular complexity index is 869. The van der Waals surface area contributed by atoms with E-state index in [1.54, 1.807) is 12.1 Å². The first-order valence-electron chi connectivity index (χ1n) is 7.46. The summed E-state index contributed by atoms with van der Waals surface area (Å²) in [5, 5.41) is 12.4. The molecule has 0 aliphatic rings. The summed E-state index contributed by atoms with van der Waals surface area (Å²) >= 11 is 0. The van der Waals surface area contributed by atoms with Crippen molar-refractivity contribution >= 4 is 15.8 Å². The molecule has 24 heavy (non-hydrogen) atoms. The maximum Gasteiger partial charge on any atom is 0.215 e. The van der Waals surface area contributed by atoms with E-state index in [0.29, 0.717) is 17.9 Å². The number of rotatable bonds is 6. The zero-order chi connectivity index (χ0) is 17.7. The molecule has 0 atom stereocenters. The van der Waals surface area contributed by atoms with E-state index in [2.05, 4.69) is 21.1 Å². The second kappa shape index (κ2) is 7.43. The topological polar surface area (TPSA) is 94.9 Å². The van der Waals surface area contributed by atoms with Gasteiger partial charge >= 0.3 is 0 Å². The van der Waals surface area contributed by atoms with Crippen LogP contribution in [0.15, 0.2) is 30.3 Å². The van der Waals surface area contributed by atoms with Crippen molar-refractivity contribution in [2.75, 3.05) is 12.4 Å². The Balaban J connectivity index is 2.10. The van der Waals surface area contributed by atoms with Crippen LogP contribution >= 0.6 is 0 Å². The minimum Gasteiger partial charge on any atom is -0.365 e. The second-order valence-electron chi connectivity index (χ2n) is 5.55. The van der Waals surface area contributed by atoms with Gasteiger partial charge in [-0.3, -0.25) is 0 Å². The third-order valence-corrected chi connectivity index (χ3v) is 4.94. The molecule has 1 heterocycles. The number of sulfonamides is 1. The highest BCUT2D eigenvalue weighted by Gasteiger charge is 2.10. The minimum atomic E-state index is -3.27. The highest BCUT2D eigenvalue weighted by Crippen LogP contribution is 2.18. The van der Waals surface area contributed by atoms with Crippen LogP contribution in [0.1, 0.15) is 27.9 Å². The van der Waals surface area contributed by atoms with E-state index in [1.165, 1.54) is 7.05 Å². The van der Waals surface area contributed by atoms with E-state index in [9.17, 15) is 13.7 Å². The monoisotopic (exact) mass is 344 g/mol.